The van der Waals surface area contributed by atoms with E-state index in [9.17, 15) is 4.79 Å². The normalized spacial score (nSPS) is 31.1. The quantitative estimate of drug-likeness (QED) is 0.508. The van der Waals surface area contributed by atoms with E-state index in [1.165, 1.54) is 6.33 Å². The molecular formula is C28H34N6O3. The molecule has 9 nitrogen and oxygen atoms in total. The fourth-order valence-corrected chi connectivity index (χ4v) is 7.05. The topological polar surface area (TPSA) is 122 Å². The van der Waals surface area contributed by atoms with E-state index in [4.69, 9.17) is 20.9 Å². The molecular weight excluding hydrogens is 468 g/mol. The van der Waals surface area contributed by atoms with E-state index in [1.807, 2.05) is 12.1 Å². The van der Waals surface area contributed by atoms with Gasteiger partial charge in [0.2, 0.25) is 5.91 Å². The number of carbonyl (C=O) groups is 1. The molecule has 5 heterocycles. The number of rotatable bonds is 7. The number of amides is 1. The van der Waals surface area contributed by atoms with Gasteiger partial charge in [-0.2, -0.15) is 0 Å². The summed E-state index contributed by atoms with van der Waals surface area (Å²) in [7, 11) is 0. The summed E-state index contributed by atoms with van der Waals surface area (Å²) in [6.45, 7) is 1.53. The summed E-state index contributed by atoms with van der Waals surface area (Å²) >= 11 is 0. The van der Waals surface area contributed by atoms with Gasteiger partial charge in [0, 0.05) is 23.8 Å². The standard InChI is InChI=1S/C28H34N6O3/c29-25-24-22(17-3-1-4-21(11-17)36-15-28-8-6-20(37-28)7-9-28)14-34(27(24)32-16-31-25)19-12-18(13-19)33-10-2-5-23(33)26(30)35/h1,3-4,11,14,16,18-20,23H,2,5-10,12-13,15H2,(H2,30,35)(H2,29,31,32)/t18?,19?,20-,23-,28+/m0/s1. The van der Waals surface area contributed by atoms with Gasteiger partial charge in [-0.15, -0.1) is 0 Å². The number of ether oxygens (including phenoxy) is 2. The van der Waals surface area contributed by atoms with Crippen LogP contribution in [0.1, 0.15) is 57.4 Å². The number of nitrogens with zero attached hydrogens (tertiary/aromatic N) is 4. The molecule has 1 aromatic carbocycles. The highest BCUT2D eigenvalue weighted by Gasteiger charge is 2.47. The number of fused-ring (bicyclic) bond motifs is 3. The van der Waals surface area contributed by atoms with Crippen molar-refractivity contribution in [3.8, 4) is 16.9 Å². The molecule has 0 unspecified atom stereocenters. The number of likely N-dealkylation sites (tertiary alicyclic amines) is 1. The molecule has 1 atom stereocenters. The molecule has 2 aromatic heterocycles. The highest BCUT2D eigenvalue weighted by Crippen LogP contribution is 2.45. The van der Waals surface area contributed by atoms with Crippen LogP contribution >= 0.6 is 0 Å². The smallest absolute Gasteiger partial charge is 0.234 e. The minimum absolute atomic E-state index is 0.113. The van der Waals surface area contributed by atoms with Crippen LogP contribution in [0.25, 0.3) is 22.2 Å². The number of aromatic nitrogens is 3. The molecule has 4 fully saturated rings. The lowest BCUT2D eigenvalue weighted by Crippen LogP contribution is -2.51. The van der Waals surface area contributed by atoms with E-state index in [0.717, 1.165) is 85.8 Å². The largest absolute Gasteiger partial charge is 0.491 e. The Morgan fingerprint density at radius 1 is 1.16 bits per heavy atom. The average molecular weight is 503 g/mol. The molecule has 4 N–H and O–H groups in total. The molecule has 37 heavy (non-hydrogen) atoms. The molecule has 3 aliphatic heterocycles. The molecule has 9 heteroatoms. The molecule has 1 saturated carbocycles. The lowest BCUT2D eigenvalue weighted by atomic mass is 9.84. The third kappa shape index (κ3) is 3.87. The average Bonchev–Trinajstić information content (AvgIpc) is 3.66. The lowest BCUT2D eigenvalue weighted by Gasteiger charge is -2.43. The Kier molecular flexibility index (Phi) is 5.40. The van der Waals surface area contributed by atoms with E-state index < -0.39 is 0 Å². The second kappa shape index (κ2) is 8.70. The Balaban J connectivity index is 1.14. The zero-order valence-electron chi connectivity index (χ0n) is 21.0. The molecule has 3 aromatic rings. The molecule has 0 radical (unpaired) electrons. The number of hydrogen-bond donors (Lipinski definition) is 2. The number of nitrogens with two attached hydrogens (primary N) is 2. The van der Waals surface area contributed by atoms with Crippen molar-refractivity contribution >= 4 is 22.8 Å². The SMILES string of the molecule is NC(=O)[C@@H]1CCCN1C1CC(n2cc(-c3cccc(OC[C@]45CC[C@H](CC4)O5)c3)c3c(N)ncnc32)C1. The second-order valence-electron chi connectivity index (χ2n) is 11.3. The molecule has 1 amide bonds. The van der Waals surface area contributed by atoms with Crippen molar-refractivity contribution in [1.29, 1.82) is 0 Å². The third-order valence-electron chi connectivity index (χ3n) is 9.12. The number of carbonyl (C=O) groups excluding carboxylic acids is 1. The van der Waals surface area contributed by atoms with Gasteiger partial charge in [-0.1, -0.05) is 12.1 Å². The Labute approximate surface area is 216 Å². The van der Waals surface area contributed by atoms with E-state index >= 15 is 0 Å². The molecule has 7 rings (SSSR count). The van der Waals surface area contributed by atoms with Crippen LogP contribution in [0.5, 0.6) is 5.75 Å². The predicted molar refractivity (Wildman–Crippen MR) is 140 cm³/mol. The van der Waals surface area contributed by atoms with Crippen LogP contribution in [-0.2, 0) is 9.53 Å². The summed E-state index contributed by atoms with van der Waals surface area (Å²) < 4.78 is 14.7. The maximum atomic E-state index is 11.9. The van der Waals surface area contributed by atoms with Gasteiger partial charge in [-0.05, 0) is 75.6 Å². The monoisotopic (exact) mass is 502 g/mol. The van der Waals surface area contributed by atoms with E-state index in [0.29, 0.717) is 24.6 Å². The van der Waals surface area contributed by atoms with E-state index in [2.05, 4.69) is 37.8 Å². The molecule has 4 aliphatic rings. The number of primary amides is 1. The summed E-state index contributed by atoms with van der Waals surface area (Å²) in [4.78, 5) is 23.1. The number of benzene rings is 1. The maximum Gasteiger partial charge on any atom is 0.234 e. The molecule has 2 bridgehead atoms. The first-order valence-corrected chi connectivity index (χ1v) is 13.6. The summed E-state index contributed by atoms with van der Waals surface area (Å²) in [5.41, 5.74) is 14.8. The molecule has 0 spiro atoms. The van der Waals surface area contributed by atoms with Gasteiger partial charge in [0.1, 0.15) is 35.7 Å². The summed E-state index contributed by atoms with van der Waals surface area (Å²) in [6, 6.07) is 8.71. The minimum atomic E-state index is -0.205. The van der Waals surface area contributed by atoms with Crippen molar-refractivity contribution in [3.05, 3.63) is 36.8 Å². The Morgan fingerprint density at radius 2 is 2.00 bits per heavy atom. The molecule has 194 valence electrons. The van der Waals surface area contributed by atoms with Gasteiger partial charge in [0.05, 0.1) is 17.5 Å². The first kappa shape index (κ1) is 23.0. The summed E-state index contributed by atoms with van der Waals surface area (Å²) in [5, 5.41) is 0.871. The van der Waals surface area contributed by atoms with Crippen LogP contribution < -0.4 is 16.2 Å². The maximum absolute atomic E-state index is 11.9. The van der Waals surface area contributed by atoms with Gasteiger partial charge in [0.15, 0.2) is 0 Å². The van der Waals surface area contributed by atoms with Crippen LogP contribution in [0.3, 0.4) is 0 Å². The van der Waals surface area contributed by atoms with Crippen LogP contribution in [0, 0.1) is 0 Å². The van der Waals surface area contributed by atoms with Gasteiger partial charge in [-0.3, -0.25) is 9.69 Å². The van der Waals surface area contributed by atoms with E-state index in [1.54, 1.807) is 0 Å². The van der Waals surface area contributed by atoms with Crippen LogP contribution in [-0.4, -0.2) is 62.3 Å². The number of nitrogen functional groups attached to an aromatic ring is 1. The summed E-state index contributed by atoms with van der Waals surface area (Å²) in [5.74, 6) is 1.10. The fraction of sp³-hybridized carbons (Fsp3) is 0.536. The zero-order valence-corrected chi connectivity index (χ0v) is 21.0. The number of hydrogen-bond acceptors (Lipinski definition) is 7. The molecule has 1 aliphatic carbocycles. The fourth-order valence-electron chi connectivity index (χ4n) is 7.05. The van der Waals surface area contributed by atoms with Crippen molar-refractivity contribution in [2.45, 2.75) is 81.2 Å². The Bertz CT molecular complexity index is 1340. The summed E-state index contributed by atoms with van der Waals surface area (Å²) in [6.07, 6.45) is 12.4. The van der Waals surface area contributed by atoms with Gasteiger partial charge >= 0.3 is 0 Å². The second-order valence-corrected chi connectivity index (χ2v) is 11.3. The van der Waals surface area contributed by atoms with Gasteiger partial charge in [0.25, 0.3) is 0 Å². The van der Waals surface area contributed by atoms with Gasteiger partial charge < -0.3 is 25.5 Å². The highest BCUT2D eigenvalue weighted by atomic mass is 16.6. The van der Waals surface area contributed by atoms with Crippen LogP contribution in [0.4, 0.5) is 5.82 Å². The van der Waals surface area contributed by atoms with Crippen molar-refractivity contribution < 1.29 is 14.3 Å². The third-order valence-corrected chi connectivity index (χ3v) is 9.12. The van der Waals surface area contributed by atoms with E-state index in [-0.39, 0.29) is 23.6 Å². The Morgan fingerprint density at radius 3 is 2.76 bits per heavy atom. The van der Waals surface area contributed by atoms with Crippen molar-refractivity contribution in [2.75, 3.05) is 18.9 Å². The number of anilines is 1. The minimum Gasteiger partial charge on any atom is -0.491 e. The first-order chi connectivity index (χ1) is 18.0. The van der Waals surface area contributed by atoms with Crippen molar-refractivity contribution in [3.63, 3.8) is 0 Å². The molecule has 3 saturated heterocycles. The Hall–Kier alpha value is -3.17. The van der Waals surface area contributed by atoms with Crippen LogP contribution in [0.2, 0.25) is 0 Å². The van der Waals surface area contributed by atoms with Crippen molar-refractivity contribution in [1.82, 2.24) is 19.4 Å². The van der Waals surface area contributed by atoms with Crippen molar-refractivity contribution in [2.24, 2.45) is 5.73 Å². The predicted octanol–water partition coefficient (Wildman–Crippen LogP) is 3.42. The zero-order chi connectivity index (χ0) is 25.1. The van der Waals surface area contributed by atoms with Crippen LogP contribution in [0.15, 0.2) is 36.8 Å². The van der Waals surface area contributed by atoms with Gasteiger partial charge in [-0.25, -0.2) is 9.97 Å². The lowest BCUT2D eigenvalue weighted by molar-refractivity contribution is -0.123. The first-order valence-electron chi connectivity index (χ1n) is 13.6. The highest BCUT2D eigenvalue weighted by molar-refractivity contribution is 6.00.